The maximum Gasteiger partial charge on any atom is 0.227 e. The number of carbonyl (C=O) groups is 2. The summed E-state index contributed by atoms with van der Waals surface area (Å²) in [5, 5.41) is 2.86. The standard InChI is InChI=1S/C16H30N2O2/c1-4-6-7-11-15(13(3)19)18-16(20)14(5-2)10-8-9-12-17/h5,14-15H,2,4,6-12,17H2,1,3H3,(H,18,20)/t14-,15-/m0/s1. The number of unbranched alkanes of at least 4 members (excludes halogenated alkanes) is 3. The number of ketones is 1. The lowest BCUT2D eigenvalue weighted by Crippen LogP contribution is -2.42. The molecule has 0 saturated carbocycles. The van der Waals surface area contributed by atoms with Gasteiger partial charge in [-0.25, -0.2) is 0 Å². The van der Waals surface area contributed by atoms with Crippen molar-refractivity contribution in [1.82, 2.24) is 5.32 Å². The van der Waals surface area contributed by atoms with Crippen LogP contribution in [0.15, 0.2) is 12.7 Å². The molecule has 4 nitrogen and oxygen atoms in total. The molecule has 0 saturated heterocycles. The molecule has 0 heterocycles. The van der Waals surface area contributed by atoms with Gasteiger partial charge in [0.05, 0.1) is 12.0 Å². The molecule has 0 aliphatic carbocycles. The molecule has 0 aliphatic rings. The van der Waals surface area contributed by atoms with Crippen molar-refractivity contribution >= 4 is 11.7 Å². The number of rotatable bonds is 12. The molecule has 20 heavy (non-hydrogen) atoms. The minimum absolute atomic E-state index is 0.0271. The van der Waals surface area contributed by atoms with Crippen molar-refractivity contribution in [3.8, 4) is 0 Å². The smallest absolute Gasteiger partial charge is 0.227 e. The maximum absolute atomic E-state index is 12.2. The summed E-state index contributed by atoms with van der Waals surface area (Å²) in [6.45, 7) is 8.00. The summed E-state index contributed by atoms with van der Waals surface area (Å²) >= 11 is 0. The van der Waals surface area contributed by atoms with Gasteiger partial charge in [-0.05, 0) is 32.7 Å². The Hall–Kier alpha value is -1.16. The molecule has 0 aliphatic heterocycles. The van der Waals surface area contributed by atoms with E-state index in [1.165, 1.54) is 6.92 Å². The fourth-order valence-corrected chi connectivity index (χ4v) is 2.12. The molecule has 0 radical (unpaired) electrons. The van der Waals surface area contributed by atoms with Gasteiger partial charge in [-0.1, -0.05) is 38.7 Å². The Bertz CT molecular complexity index is 303. The van der Waals surface area contributed by atoms with Crippen LogP contribution < -0.4 is 11.1 Å². The molecule has 4 heteroatoms. The average molecular weight is 282 g/mol. The monoisotopic (exact) mass is 282 g/mol. The van der Waals surface area contributed by atoms with E-state index in [9.17, 15) is 9.59 Å². The number of nitrogens with two attached hydrogens (primary N) is 1. The lowest BCUT2D eigenvalue weighted by molar-refractivity contribution is -0.128. The van der Waals surface area contributed by atoms with Gasteiger partial charge in [-0.3, -0.25) is 9.59 Å². The second-order valence-electron chi connectivity index (χ2n) is 5.29. The van der Waals surface area contributed by atoms with Gasteiger partial charge < -0.3 is 11.1 Å². The summed E-state index contributed by atoms with van der Waals surface area (Å²) in [7, 11) is 0. The Balaban J connectivity index is 4.32. The second-order valence-corrected chi connectivity index (χ2v) is 5.29. The van der Waals surface area contributed by atoms with Crippen LogP contribution in [0.1, 0.15) is 58.8 Å². The zero-order valence-electron chi connectivity index (χ0n) is 13.0. The van der Waals surface area contributed by atoms with Gasteiger partial charge in [0.1, 0.15) is 0 Å². The third-order valence-corrected chi connectivity index (χ3v) is 3.49. The first kappa shape index (κ1) is 18.8. The van der Waals surface area contributed by atoms with Gasteiger partial charge in [-0.15, -0.1) is 6.58 Å². The number of Topliss-reactive ketones (excluding diaryl/α,β-unsaturated/α-hetero) is 1. The van der Waals surface area contributed by atoms with Crippen LogP contribution in [0.5, 0.6) is 0 Å². The summed E-state index contributed by atoms with van der Waals surface area (Å²) in [6.07, 6.45) is 8.09. The SMILES string of the molecule is C=C[C@@H](CCCCN)C(=O)N[C@@H](CCCCC)C(C)=O. The normalized spacial score (nSPS) is 13.6. The first-order chi connectivity index (χ1) is 9.56. The molecule has 0 aromatic heterocycles. The van der Waals surface area contributed by atoms with Gasteiger partial charge in [0.25, 0.3) is 0 Å². The third kappa shape index (κ3) is 8.10. The van der Waals surface area contributed by atoms with Gasteiger partial charge in [-0.2, -0.15) is 0 Å². The van der Waals surface area contributed by atoms with Crippen molar-refractivity contribution in [2.75, 3.05) is 6.54 Å². The van der Waals surface area contributed by atoms with E-state index in [1.54, 1.807) is 6.08 Å². The average Bonchev–Trinajstić information content (AvgIpc) is 2.42. The predicted octanol–water partition coefficient (Wildman–Crippen LogP) is 2.57. The quantitative estimate of drug-likeness (QED) is 0.427. The minimum Gasteiger partial charge on any atom is -0.346 e. The van der Waals surface area contributed by atoms with E-state index >= 15 is 0 Å². The molecule has 0 aromatic carbocycles. The van der Waals surface area contributed by atoms with Crippen LogP contribution >= 0.6 is 0 Å². The molecule has 0 unspecified atom stereocenters. The number of amides is 1. The van der Waals surface area contributed by atoms with Crippen molar-refractivity contribution < 1.29 is 9.59 Å². The number of nitrogens with one attached hydrogen (secondary N) is 1. The Labute approximate surface area is 123 Å². The third-order valence-electron chi connectivity index (χ3n) is 3.49. The molecule has 2 atom stereocenters. The highest BCUT2D eigenvalue weighted by Gasteiger charge is 2.21. The summed E-state index contributed by atoms with van der Waals surface area (Å²) < 4.78 is 0. The fourth-order valence-electron chi connectivity index (χ4n) is 2.12. The summed E-state index contributed by atoms with van der Waals surface area (Å²) in [4.78, 5) is 23.7. The number of hydrogen-bond acceptors (Lipinski definition) is 3. The molecule has 0 spiro atoms. The molecule has 116 valence electrons. The fraction of sp³-hybridized carbons (Fsp3) is 0.750. The van der Waals surface area contributed by atoms with E-state index in [-0.39, 0.29) is 23.7 Å². The Morgan fingerprint density at radius 3 is 2.35 bits per heavy atom. The molecule has 0 aromatic rings. The van der Waals surface area contributed by atoms with Crippen molar-refractivity contribution in [3.05, 3.63) is 12.7 Å². The molecule has 0 rings (SSSR count). The van der Waals surface area contributed by atoms with E-state index in [0.717, 1.165) is 44.9 Å². The predicted molar refractivity (Wildman–Crippen MR) is 83.3 cm³/mol. The first-order valence-electron chi connectivity index (χ1n) is 7.70. The topological polar surface area (TPSA) is 72.2 Å². The Morgan fingerprint density at radius 1 is 1.20 bits per heavy atom. The van der Waals surface area contributed by atoms with Crippen LogP contribution in [0.4, 0.5) is 0 Å². The van der Waals surface area contributed by atoms with Crippen molar-refractivity contribution in [2.24, 2.45) is 11.7 Å². The van der Waals surface area contributed by atoms with Crippen LogP contribution in [0, 0.1) is 5.92 Å². The summed E-state index contributed by atoms with van der Waals surface area (Å²) in [5.74, 6) is -0.289. The highest BCUT2D eigenvalue weighted by atomic mass is 16.2. The van der Waals surface area contributed by atoms with Crippen molar-refractivity contribution in [1.29, 1.82) is 0 Å². The van der Waals surface area contributed by atoms with Crippen LogP contribution in [-0.4, -0.2) is 24.3 Å². The van der Waals surface area contributed by atoms with Gasteiger partial charge in [0.2, 0.25) is 5.91 Å². The van der Waals surface area contributed by atoms with Crippen LogP contribution in [0.2, 0.25) is 0 Å². The molecule has 1 amide bonds. The van der Waals surface area contributed by atoms with E-state index in [1.807, 2.05) is 0 Å². The second kappa shape index (κ2) is 11.6. The highest BCUT2D eigenvalue weighted by Crippen LogP contribution is 2.11. The van der Waals surface area contributed by atoms with Crippen LogP contribution in [0.25, 0.3) is 0 Å². The van der Waals surface area contributed by atoms with E-state index in [0.29, 0.717) is 6.54 Å². The molecule has 0 bridgehead atoms. The zero-order chi connectivity index (χ0) is 15.4. The Kier molecular flexibility index (Phi) is 11.0. The van der Waals surface area contributed by atoms with Gasteiger partial charge in [0, 0.05) is 0 Å². The van der Waals surface area contributed by atoms with E-state index < -0.39 is 0 Å². The molecular weight excluding hydrogens is 252 g/mol. The number of hydrogen-bond donors (Lipinski definition) is 2. The van der Waals surface area contributed by atoms with Crippen LogP contribution in [0.3, 0.4) is 0 Å². The summed E-state index contributed by atoms with van der Waals surface area (Å²) in [5.41, 5.74) is 5.45. The molecule has 0 fully saturated rings. The minimum atomic E-state index is -0.356. The lowest BCUT2D eigenvalue weighted by Gasteiger charge is -2.19. The van der Waals surface area contributed by atoms with Crippen molar-refractivity contribution in [2.45, 2.75) is 64.8 Å². The lowest BCUT2D eigenvalue weighted by atomic mass is 9.99. The van der Waals surface area contributed by atoms with Crippen LogP contribution in [-0.2, 0) is 9.59 Å². The zero-order valence-corrected chi connectivity index (χ0v) is 13.0. The summed E-state index contributed by atoms with van der Waals surface area (Å²) in [6, 6.07) is -0.356. The van der Waals surface area contributed by atoms with E-state index in [4.69, 9.17) is 5.73 Å². The molecular formula is C16H30N2O2. The first-order valence-corrected chi connectivity index (χ1v) is 7.70. The number of carbonyl (C=O) groups excluding carboxylic acids is 2. The maximum atomic E-state index is 12.2. The van der Waals surface area contributed by atoms with Gasteiger partial charge >= 0.3 is 0 Å². The van der Waals surface area contributed by atoms with Crippen molar-refractivity contribution in [3.63, 3.8) is 0 Å². The van der Waals surface area contributed by atoms with E-state index in [2.05, 4.69) is 18.8 Å². The largest absolute Gasteiger partial charge is 0.346 e. The molecule has 3 N–H and O–H groups in total. The highest BCUT2D eigenvalue weighted by molar-refractivity contribution is 5.88. The Morgan fingerprint density at radius 2 is 1.85 bits per heavy atom. The van der Waals surface area contributed by atoms with Gasteiger partial charge in [0.15, 0.2) is 5.78 Å².